The van der Waals surface area contributed by atoms with Crippen LogP contribution in [0, 0.1) is 6.92 Å². The van der Waals surface area contributed by atoms with Gasteiger partial charge >= 0.3 is 0 Å². The van der Waals surface area contributed by atoms with Gasteiger partial charge in [0.1, 0.15) is 0 Å². The van der Waals surface area contributed by atoms with Gasteiger partial charge in [-0.2, -0.15) is 0 Å². The minimum Gasteiger partial charge on any atom is -0.383 e. The van der Waals surface area contributed by atoms with E-state index >= 15 is 0 Å². The van der Waals surface area contributed by atoms with Gasteiger partial charge in [-0.05, 0) is 26.1 Å². The van der Waals surface area contributed by atoms with Crippen LogP contribution in [0.3, 0.4) is 0 Å². The van der Waals surface area contributed by atoms with Crippen LogP contribution in [-0.4, -0.2) is 32.6 Å². The number of hydrogen-bond acceptors (Lipinski definition) is 3. The molecule has 1 aromatic carbocycles. The number of methoxy groups -OCH3 is 1. The van der Waals surface area contributed by atoms with Gasteiger partial charge in [0.25, 0.3) is 0 Å². The number of nitrogens with one attached hydrogen (secondary N) is 1. The lowest BCUT2D eigenvalue weighted by Gasteiger charge is -2.14. The molecule has 0 heterocycles. The maximum Gasteiger partial charge on any atom is 0.0623 e. The van der Waals surface area contributed by atoms with E-state index in [-0.39, 0.29) is 0 Å². The molecule has 0 aromatic heterocycles. The topological polar surface area (TPSA) is 21.3 Å². The molecule has 0 amide bonds. The van der Waals surface area contributed by atoms with Crippen molar-refractivity contribution < 1.29 is 4.74 Å². The third kappa shape index (κ3) is 4.69. The molecule has 1 rings (SSSR count). The van der Waals surface area contributed by atoms with E-state index in [0.717, 1.165) is 12.4 Å². The lowest BCUT2D eigenvalue weighted by Crippen LogP contribution is -2.32. The lowest BCUT2D eigenvalue weighted by molar-refractivity contribution is 0.177. The lowest BCUT2D eigenvalue weighted by atomic mass is 10.2. The second-order valence-corrected chi connectivity index (χ2v) is 4.66. The van der Waals surface area contributed by atoms with Crippen LogP contribution in [0.1, 0.15) is 5.56 Å². The Bertz CT molecular complexity index is 273. The first-order valence-corrected chi connectivity index (χ1v) is 6.10. The van der Waals surface area contributed by atoms with Crippen LogP contribution >= 0.6 is 11.8 Å². The Kier molecular flexibility index (Phi) is 5.76. The zero-order chi connectivity index (χ0) is 11.1. The Hall–Kier alpha value is -0.510. The van der Waals surface area contributed by atoms with Gasteiger partial charge in [0, 0.05) is 23.8 Å². The molecule has 84 valence electrons. The second-order valence-electron chi connectivity index (χ2n) is 3.56. The Morgan fingerprint density at radius 2 is 2.00 bits per heavy atom. The predicted molar refractivity (Wildman–Crippen MR) is 66.6 cm³/mol. The van der Waals surface area contributed by atoms with Crippen molar-refractivity contribution in [2.75, 3.05) is 26.5 Å². The summed E-state index contributed by atoms with van der Waals surface area (Å²) in [6, 6.07) is 9.04. The fourth-order valence-corrected chi connectivity index (χ4v) is 2.23. The standard InChI is InChI=1S/C12H19NOS/c1-10-4-6-12(7-5-10)15-9-11(13-2)8-14-3/h4-7,11,13H,8-9H2,1-3H3. The molecule has 0 aliphatic heterocycles. The quantitative estimate of drug-likeness (QED) is 0.751. The maximum atomic E-state index is 5.13. The van der Waals surface area contributed by atoms with Gasteiger partial charge < -0.3 is 10.1 Å². The number of aryl methyl sites for hydroxylation is 1. The van der Waals surface area contributed by atoms with E-state index in [4.69, 9.17) is 4.74 Å². The highest BCUT2D eigenvalue weighted by Crippen LogP contribution is 2.19. The molecule has 0 spiro atoms. The molecule has 0 radical (unpaired) electrons. The molecule has 1 atom stereocenters. The normalized spacial score (nSPS) is 12.7. The zero-order valence-electron chi connectivity index (χ0n) is 9.62. The highest BCUT2D eigenvalue weighted by Gasteiger charge is 2.05. The summed E-state index contributed by atoms with van der Waals surface area (Å²) in [4.78, 5) is 1.32. The number of thioether (sulfide) groups is 1. The van der Waals surface area contributed by atoms with Gasteiger partial charge in [0.05, 0.1) is 6.61 Å². The van der Waals surface area contributed by atoms with Crippen LogP contribution < -0.4 is 5.32 Å². The summed E-state index contributed by atoms with van der Waals surface area (Å²) in [5, 5.41) is 3.24. The summed E-state index contributed by atoms with van der Waals surface area (Å²) in [5.74, 6) is 1.04. The van der Waals surface area contributed by atoms with Gasteiger partial charge in [-0.25, -0.2) is 0 Å². The molecule has 0 fully saturated rings. The number of hydrogen-bond donors (Lipinski definition) is 1. The van der Waals surface area contributed by atoms with E-state index < -0.39 is 0 Å². The molecule has 0 saturated heterocycles. The van der Waals surface area contributed by atoms with E-state index in [1.807, 2.05) is 18.8 Å². The van der Waals surface area contributed by atoms with E-state index in [0.29, 0.717) is 6.04 Å². The first kappa shape index (κ1) is 12.6. The predicted octanol–water partition coefficient (Wildman–Crippen LogP) is 2.32. The Labute approximate surface area is 96.4 Å². The summed E-state index contributed by atoms with van der Waals surface area (Å²) in [6.07, 6.45) is 0. The number of benzene rings is 1. The molecule has 1 N–H and O–H groups in total. The minimum atomic E-state index is 0.418. The fourth-order valence-electron chi connectivity index (χ4n) is 1.25. The van der Waals surface area contributed by atoms with E-state index in [9.17, 15) is 0 Å². The Morgan fingerprint density at radius 3 is 2.53 bits per heavy atom. The molecule has 1 unspecified atom stereocenters. The van der Waals surface area contributed by atoms with Crippen molar-refractivity contribution in [3.63, 3.8) is 0 Å². The average Bonchev–Trinajstić information content (AvgIpc) is 2.26. The Balaban J connectivity index is 2.38. The highest BCUT2D eigenvalue weighted by molar-refractivity contribution is 7.99. The monoisotopic (exact) mass is 225 g/mol. The van der Waals surface area contributed by atoms with E-state index in [1.165, 1.54) is 10.5 Å². The van der Waals surface area contributed by atoms with Crippen molar-refractivity contribution in [3.8, 4) is 0 Å². The largest absolute Gasteiger partial charge is 0.383 e. The van der Waals surface area contributed by atoms with Gasteiger partial charge in [0.2, 0.25) is 0 Å². The van der Waals surface area contributed by atoms with Crippen LogP contribution in [0.5, 0.6) is 0 Å². The van der Waals surface area contributed by atoms with Crippen molar-refractivity contribution in [1.29, 1.82) is 0 Å². The SMILES string of the molecule is CNC(COC)CSc1ccc(C)cc1. The van der Waals surface area contributed by atoms with E-state index in [1.54, 1.807) is 7.11 Å². The number of rotatable bonds is 6. The highest BCUT2D eigenvalue weighted by atomic mass is 32.2. The summed E-state index contributed by atoms with van der Waals surface area (Å²) >= 11 is 1.86. The van der Waals surface area contributed by atoms with Crippen molar-refractivity contribution >= 4 is 11.8 Å². The molecule has 1 aromatic rings. The van der Waals surface area contributed by atoms with Gasteiger partial charge in [-0.15, -0.1) is 11.8 Å². The van der Waals surface area contributed by atoms with Crippen LogP contribution in [0.4, 0.5) is 0 Å². The second kappa shape index (κ2) is 6.88. The molecule has 2 nitrogen and oxygen atoms in total. The van der Waals surface area contributed by atoms with Crippen molar-refractivity contribution in [3.05, 3.63) is 29.8 Å². The van der Waals surface area contributed by atoms with Crippen LogP contribution in [0.25, 0.3) is 0 Å². The smallest absolute Gasteiger partial charge is 0.0623 e. The maximum absolute atomic E-state index is 5.13. The third-order valence-corrected chi connectivity index (χ3v) is 3.42. The summed E-state index contributed by atoms with van der Waals surface area (Å²) < 4.78 is 5.13. The summed E-state index contributed by atoms with van der Waals surface area (Å²) in [5.41, 5.74) is 1.31. The third-order valence-electron chi connectivity index (χ3n) is 2.25. The van der Waals surface area contributed by atoms with E-state index in [2.05, 4.69) is 36.5 Å². The van der Waals surface area contributed by atoms with Crippen LogP contribution in [0.15, 0.2) is 29.2 Å². The van der Waals surface area contributed by atoms with Crippen LogP contribution in [-0.2, 0) is 4.74 Å². The molecular formula is C12H19NOS. The molecule has 0 aliphatic rings. The zero-order valence-corrected chi connectivity index (χ0v) is 10.4. The molecule has 15 heavy (non-hydrogen) atoms. The molecule has 3 heteroatoms. The molecule has 0 bridgehead atoms. The minimum absolute atomic E-state index is 0.418. The molecule has 0 aliphatic carbocycles. The summed E-state index contributed by atoms with van der Waals surface area (Å²) in [7, 11) is 3.71. The number of ether oxygens (including phenoxy) is 1. The van der Waals surface area contributed by atoms with Gasteiger partial charge in [-0.1, -0.05) is 17.7 Å². The van der Waals surface area contributed by atoms with Crippen molar-refractivity contribution in [1.82, 2.24) is 5.32 Å². The van der Waals surface area contributed by atoms with Crippen molar-refractivity contribution in [2.45, 2.75) is 17.9 Å². The van der Waals surface area contributed by atoms with Gasteiger partial charge in [-0.3, -0.25) is 0 Å². The van der Waals surface area contributed by atoms with Gasteiger partial charge in [0.15, 0.2) is 0 Å². The first-order chi connectivity index (χ1) is 7.26. The first-order valence-electron chi connectivity index (χ1n) is 5.12. The molecular weight excluding hydrogens is 206 g/mol. The number of likely N-dealkylation sites (N-methyl/N-ethyl adjacent to an activating group) is 1. The fraction of sp³-hybridized carbons (Fsp3) is 0.500. The summed E-state index contributed by atoms with van der Waals surface area (Å²) in [6.45, 7) is 2.87. The average molecular weight is 225 g/mol. The molecule has 0 saturated carbocycles. The van der Waals surface area contributed by atoms with Crippen molar-refractivity contribution in [2.24, 2.45) is 0 Å². The Morgan fingerprint density at radius 1 is 1.33 bits per heavy atom. The van der Waals surface area contributed by atoms with Crippen LogP contribution in [0.2, 0.25) is 0 Å².